The summed E-state index contributed by atoms with van der Waals surface area (Å²) in [6, 6.07) is 25.3. The molecular formula is C25H17N3O5. The van der Waals surface area contributed by atoms with Gasteiger partial charge in [-0.2, -0.15) is 0 Å². The molecule has 0 radical (unpaired) electrons. The number of nitro benzene ring substituents is 2. The number of hydrogen-bond donors (Lipinski definition) is 1. The van der Waals surface area contributed by atoms with Gasteiger partial charge in [0, 0.05) is 23.4 Å². The number of nitrogens with zero attached hydrogens (tertiary/aromatic N) is 3. The molecule has 8 nitrogen and oxygen atoms in total. The molecule has 0 fully saturated rings. The van der Waals surface area contributed by atoms with Gasteiger partial charge < -0.3 is 5.11 Å². The van der Waals surface area contributed by atoms with E-state index in [1.54, 1.807) is 12.1 Å². The number of aliphatic imine (C=N–C) groups is 1. The zero-order valence-electron chi connectivity index (χ0n) is 17.2. The average molecular weight is 439 g/mol. The largest absolute Gasteiger partial charge is 0.507 e. The van der Waals surface area contributed by atoms with Crippen LogP contribution in [0.2, 0.25) is 0 Å². The van der Waals surface area contributed by atoms with E-state index >= 15 is 0 Å². The summed E-state index contributed by atoms with van der Waals surface area (Å²) in [7, 11) is 0. The molecule has 0 bridgehead atoms. The smallest absolute Gasteiger partial charge is 0.285 e. The van der Waals surface area contributed by atoms with E-state index in [9.17, 15) is 25.3 Å². The van der Waals surface area contributed by atoms with E-state index < -0.39 is 15.5 Å². The molecule has 0 saturated heterocycles. The lowest BCUT2D eigenvalue weighted by atomic mass is 9.96. The molecule has 0 amide bonds. The monoisotopic (exact) mass is 439 g/mol. The summed E-state index contributed by atoms with van der Waals surface area (Å²) in [5.41, 5.74) is 2.47. The lowest BCUT2D eigenvalue weighted by Crippen LogP contribution is -1.97. The van der Waals surface area contributed by atoms with Crippen molar-refractivity contribution in [2.24, 2.45) is 4.99 Å². The first-order valence-electron chi connectivity index (χ1n) is 9.89. The van der Waals surface area contributed by atoms with Gasteiger partial charge in [0.1, 0.15) is 5.75 Å². The molecule has 0 saturated carbocycles. The van der Waals surface area contributed by atoms with Crippen molar-refractivity contribution in [2.45, 2.75) is 0 Å². The second-order valence-electron chi connectivity index (χ2n) is 7.14. The number of phenolic OH excluding ortho intramolecular Hbond substituents is 1. The van der Waals surface area contributed by atoms with E-state index in [4.69, 9.17) is 0 Å². The zero-order valence-corrected chi connectivity index (χ0v) is 17.2. The minimum Gasteiger partial charge on any atom is -0.507 e. The van der Waals surface area contributed by atoms with Gasteiger partial charge in [0.2, 0.25) is 0 Å². The van der Waals surface area contributed by atoms with E-state index in [0.29, 0.717) is 16.8 Å². The summed E-state index contributed by atoms with van der Waals surface area (Å²) >= 11 is 0. The number of aromatic hydroxyl groups is 1. The number of benzene rings is 4. The van der Waals surface area contributed by atoms with Gasteiger partial charge in [0.05, 0.1) is 27.2 Å². The van der Waals surface area contributed by atoms with E-state index in [2.05, 4.69) is 4.99 Å². The third-order valence-corrected chi connectivity index (χ3v) is 5.04. The Labute approximate surface area is 188 Å². The molecule has 4 rings (SSSR count). The Hall–Kier alpha value is -4.85. The lowest BCUT2D eigenvalue weighted by molar-refractivity contribution is -0.394. The van der Waals surface area contributed by atoms with E-state index in [-0.39, 0.29) is 17.0 Å². The van der Waals surface area contributed by atoms with Gasteiger partial charge in [-0.3, -0.25) is 25.2 Å². The van der Waals surface area contributed by atoms with Gasteiger partial charge >= 0.3 is 0 Å². The standard InChI is InChI=1S/C25H17N3O5/c29-25-22(17-7-3-1-4-8-17)13-20(14-23(25)18-9-5-2-6-10-18)26-16-19-11-12-21(27(30)31)15-24(19)28(32)33/h1-16,29H. The van der Waals surface area contributed by atoms with Crippen molar-refractivity contribution in [3.63, 3.8) is 0 Å². The second-order valence-corrected chi connectivity index (χ2v) is 7.14. The Morgan fingerprint density at radius 2 is 1.27 bits per heavy atom. The molecular weight excluding hydrogens is 422 g/mol. The van der Waals surface area contributed by atoms with Crippen molar-refractivity contribution < 1.29 is 15.0 Å². The molecule has 0 aliphatic rings. The minimum absolute atomic E-state index is 0.0904. The van der Waals surface area contributed by atoms with Crippen molar-refractivity contribution in [1.82, 2.24) is 0 Å². The predicted octanol–water partition coefficient (Wildman–Crippen LogP) is 6.29. The fourth-order valence-electron chi connectivity index (χ4n) is 3.43. The van der Waals surface area contributed by atoms with Crippen LogP contribution in [0.25, 0.3) is 22.3 Å². The third-order valence-electron chi connectivity index (χ3n) is 5.04. The Kier molecular flexibility index (Phi) is 5.90. The number of hydrogen-bond acceptors (Lipinski definition) is 6. The van der Waals surface area contributed by atoms with Gasteiger partial charge in [-0.05, 0) is 29.3 Å². The summed E-state index contributed by atoms with van der Waals surface area (Å²) in [6.07, 6.45) is 1.29. The van der Waals surface area contributed by atoms with Gasteiger partial charge in [-0.15, -0.1) is 0 Å². The molecule has 8 heteroatoms. The Bertz CT molecular complexity index is 1310. The number of rotatable bonds is 6. The van der Waals surface area contributed by atoms with Gasteiger partial charge in [0.25, 0.3) is 11.4 Å². The van der Waals surface area contributed by atoms with Crippen molar-refractivity contribution in [3.05, 3.63) is 117 Å². The molecule has 4 aromatic carbocycles. The highest BCUT2D eigenvalue weighted by Gasteiger charge is 2.18. The SMILES string of the molecule is O=[N+]([O-])c1ccc(C=Nc2cc(-c3ccccc3)c(O)c(-c3ccccc3)c2)c([N+](=O)[O-])c1. The highest BCUT2D eigenvalue weighted by molar-refractivity contribution is 5.90. The summed E-state index contributed by atoms with van der Waals surface area (Å²) in [5.74, 6) is 0.0904. The van der Waals surface area contributed by atoms with Gasteiger partial charge in [-0.25, -0.2) is 0 Å². The molecule has 162 valence electrons. The molecule has 0 heterocycles. The first kappa shape index (κ1) is 21.4. The molecule has 0 aliphatic heterocycles. The third kappa shape index (κ3) is 4.59. The highest BCUT2D eigenvalue weighted by Crippen LogP contribution is 2.41. The molecule has 0 spiro atoms. The maximum absolute atomic E-state index is 11.4. The quantitative estimate of drug-likeness (QED) is 0.215. The average Bonchev–Trinajstić information content (AvgIpc) is 2.84. The molecule has 1 N–H and O–H groups in total. The minimum atomic E-state index is -0.688. The summed E-state index contributed by atoms with van der Waals surface area (Å²) in [6.45, 7) is 0. The van der Waals surface area contributed by atoms with Gasteiger partial charge in [-0.1, -0.05) is 60.7 Å². The number of phenols is 1. The van der Waals surface area contributed by atoms with Crippen molar-refractivity contribution in [2.75, 3.05) is 0 Å². The molecule has 4 aromatic rings. The van der Waals surface area contributed by atoms with Crippen LogP contribution in [-0.2, 0) is 0 Å². The maximum Gasteiger partial charge on any atom is 0.285 e. The Morgan fingerprint density at radius 1 is 0.727 bits per heavy atom. The van der Waals surface area contributed by atoms with E-state index in [1.807, 2.05) is 60.7 Å². The van der Waals surface area contributed by atoms with Crippen molar-refractivity contribution in [3.8, 4) is 28.0 Å². The van der Waals surface area contributed by atoms with Crippen LogP contribution in [0.1, 0.15) is 5.56 Å². The highest BCUT2D eigenvalue weighted by atomic mass is 16.6. The van der Waals surface area contributed by atoms with Crippen LogP contribution in [0, 0.1) is 20.2 Å². The van der Waals surface area contributed by atoms with Crippen LogP contribution in [-0.4, -0.2) is 21.2 Å². The van der Waals surface area contributed by atoms with E-state index in [1.165, 1.54) is 18.3 Å². The first-order valence-corrected chi connectivity index (χ1v) is 9.89. The molecule has 0 atom stereocenters. The molecule has 0 unspecified atom stereocenters. The van der Waals surface area contributed by atoms with Crippen molar-refractivity contribution in [1.29, 1.82) is 0 Å². The summed E-state index contributed by atoms with van der Waals surface area (Å²) in [5, 5.41) is 33.4. The van der Waals surface area contributed by atoms with Gasteiger partial charge in [0.15, 0.2) is 0 Å². The number of non-ortho nitro benzene ring substituents is 1. The van der Waals surface area contributed by atoms with Crippen LogP contribution in [0.4, 0.5) is 17.1 Å². The Balaban J connectivity index is 1.84. The van der Waals surface area contributed by atoms with Crippen LogP contribution >= 0.6 is 0 Å². The maximum atomic E-state index is 11.4. The van der Waals surface area contributed by atoms with Crippen LogP contribution < -0.4 is 0 Å². The molecule has 0 aromatic heterocycles. The van der Waals surface area contributed by atoms with Crippen LogP contribution in [0.5, 0.6) is 5.75 Å². The lowest BCUT2D eigenvalue weighted by Gasteiger charge is -2.12. The van der Waals surface area contributed by atoms with Crippen molar-refractivity contribution >= 4 is 23.3 Å². The molecule has 0 aliphatic carbocycles. The number of nitro groups is 2. The fraction of sp³-hybridized carbons (Fsp3) is 0. The fourth-order valence-corrected chi connectivity index (χ4v) is 3.43. The molecule has 33 heavy (non-hydrogen) atoms. The van der Waals surface area contributed by atoms with E-state index in [0.717, 1.165) is 17.2 Å². The predicted molar refractivity (Wildman–Crippen MR) is 126 cm³/mol. The first-order chi connectivity index (χ1) is 15.9. The topological polar surface area (TPSA) is 119 Å². The second kappa shape index (κ2) is 9.11. The zero-order chi connectivity index (χ0) is 23.4. The summed E-state index contributed by atoms with van der Waals surface area (Å²) < 4.78 is 0. The summed E-state index contributed by atoms with van der Waals surface area (Å²) in [4.78, 5) is 25.4. The Morgan fingerprint density at radius 3 is 1.76 bits per heavy atom. The van der Waals surface area contributed by atoms with Crippen LogP contribution in [0.15, 0.2) is 96.0 Å². The normalized spacial score (nSPS) is 10.9. The van der Waals surface area contributed by atoms with Crippen LogP contribution in [0.3, 0.4) is 0 Å².